The summed E-state index contributed by atoms with van der Waals surface area (Å²) < 4.78 is 5.79. The lowest BCUT2D eigenvalue weighted by molar-refractivity contribution is 0.0952. The van der Waals surface area contributed by atoms with Gasteiger partial charge in [-0.15, -0.1) is 11.3 Å². The van der Waals surface area contributed by atoms with Crippen molar-refractivity contribution in [2.75, 3.05) is 5.73 Å². The first-order chi connectivity index (χ1) is 13.7. The Morgan fingerprint density at radius 2 is 2.00 bits per heavy atom. The van der Waals surface area contributed by atoms with E-state index < -0.39 is 0 Å². The summed E-state index contributed by atoms with van der Waals surface area (Å²) >= 11 is 1.48. The number of anilines is 1. The van der Waals surface area contributed by atoms with E-state index >= 15 is 0 Å². The van der Waals surface area contributed by atoms with E-state index in [0.717, 1.165) is 28.5 Å². The van der Waals surface area contributed by atoms with E-state index in [1.54, 1.807) is 12.1 Å². The number of hydrogen-bond donors (Lipinski definition) is 2. The number of unbranched alkanes of at least 4 members (excludes halogenated alkanes) is 1. The van der Waals surface area contributed by atoms with Crippen molar-refractivity contribution in [1.82, 2.24) is 10.3 Å². The van der Waals surface area contributed by atoms with Crippen LogP contribution in [0, 0.1) is 11.8 Å². The monoisotopic (exact) mass is 391 g/mol. The van der Waals surface area contributed by atoms with Crippen LogP contribution in [0.5, 0.6) is 10.8 Å². The zero-order valence-corrected chi connectivity index (χ0v) is 16.4. The Hall–Kier alpha value is -3.30. The highest BCUT2D eigenvalue weighted by Crippen LogP contribution is 2.29. The number of ether oxygens (including phenoxy) is 1. The van der Waals surface area contributed by atoms with Crippen LogP contribution in [0.25, 0.3) is 0 Å². The minimum atomic E-state index is -0.267. The van der Waals surface area contributed by atoms with Gasteiger partial charge in [0.2, 0.25) is 0 Å². The minimum Gasteiger partial charge on any atom is -0.447 e. The van der Waals surface area contributed by atoms with Gasteiger partial charge in [0.1, 0.15) is 17.3 Å². The molecule has 0 spiro atoms. The number of thiophene rings is 1. The Bertz CT molecular complexity index is 1000. The summed E-state index contributed by atoms with van der Waals surface area (Å²) in [5.41, 5.74) is 6.85. The van der Waals surface area contributed by atoms with Crippen LogP contribution in [-0.4, -0.2) is 10.9 Å². The molecule has 5 nitrogen and oxygen atoms in total. The molecule has 0 aliphatic carbocycles. The van der Waals surface area contributed by atoms with Crippen LogP contribution >= 0.6 is 11.3 Å². The third-order valence-electron chi connectivity index (χ3n) is 3.78. The number of amides is 1. The fraction of sp³-hybridized carbons (Fsp3) is 0.182. The molecule has 1 aromatic carbocycles. The number of aromatic nitrogens is 1. The largest absolute Gasteiger partial charge is 0.447 e. The van der Waals surface area contributed by atoms with Crippen molar-refractivity contribution in [3.63, 3.8) is 0 Å². The van der Waals surface area contributed by atoms with Crippen LogP contribution < -0.4 is 15.8 Å². The van der Waals surface area contributed by atoms with Gasteiger partial charge in [-0.2, -0.15) is 0 Å². The van der Waals surface area contributed by atoms with Crippen molar-refractivity contribution < 1.29 is 9.53 Å². The molecule has 0 aliphatic rings. The van der Waals surface area contributed by atoms with Gasteiger partial charge in [0.15, 0.2) is 5.06 Å². The smallest absolute Gasteiger partial charge is 0.255 e. The van der Waals surface area contributed by atoms with Crippen molar-refractivity contribution in [2.24, 2.45) is 0 Å². The van der Waals surface area contributed by atoms with E-state index in [0.29, 0.717) is 17.8 Å². The Morgan fingerprint density at radius 1 is 1.18 bits per heavy atom. The van der Waals surface area contributed by atoms with Crippen LogP contribution in [0.15, 0.2) is 54.6 Å². The topological polar surface area (TPSA) is 77.2 Å². The molecule has 0 unspecified atom stereocenters. The van der Waals surface area contributed by atoms with Crippen molar-refractivity contribution in [2.45, 2.75) is 26.3 Å². The first-order valence-corrected chi connectivity index (χ1v) is 9.82. The molecule has 0 saturated carbocycles. The predicted molar refractivity (Wildman–Crippen MR) is 112 cm³/mol. The SMILES string of the molecule is CCCC#Cc1ccc(C(=O)NCc2ccc(Oc3ccccc3)s2)c(N)n1. The lowest BCUT2D eigenvalue weighted by atomic mass is 10.2. The summed E-state index contributed by atoms with van der Waals surface area (Å²) in [6.45, 7) is 2.45. The number of nitrogens with two attached hydrogens (primary N) is 1. The zero-order valence-electron chi connectivity index (χ0n) is 15.6. The number of nitrogens with one attached hydrogen (secondary N) is 1. The molecule has 2 heterocycles. The van der Waals surface area contributed by atoms with Gasteiger partial charge in [-0.05, 0) is 48.7 Å². The highest BCUT2D eigenvalue weighted by molar-refractivity contribution is 7.13. The lowest BCUT2D eigenvalue weighted by Gasteiger charge is -2.06. The zero-order chi connectivity index (χ0) is 19.8. The van der Waals surface area contributed by atoms with Gasteiger partial charge in [-0.3, -0.25) is 4.79 Å². The average Bonchev–Trinajstić information content (AvgIpc) is 3.14. The number of nitrogen functional groups attached to an aromatic ring is 1. The fourth-order valence-electron chi connectivity index (χ4n) is 2.39. The van der Waals surface area contributed by atoms with Crippen molar-refractivity contribution in [3.8, 4) is 22.7 Å². The molecule has 3 rings (SSSR count). The van der Waals surface area contributed by atoms with E-state index in [9.17, 15) is 4.79 Å². The molecular weight excluding hydrogens is 370 g/mol. The first-order valence-electron chi connectivity index (χ1n) is 9.01. The van der Waals surface area contributed by atoms with Gasteiger partial charge in [-0.1, -0.05) is 31.0 Å². The molecule has 6 heteroatoms. The van der Waals surface area contributed by atoms with Gasteiger partial charge in [0.25, 0.3) is 5.91 Å². The molecule has 0 radical (unpaired) electrons. The third-order valence-corrected chi connectivity index (χ3v) is 4.75. The second-order valence-corrected chi connectivity index (χ2v) is 7.13. The highest BCUT2D eigenvalue weighted by atomic mass is 32.1. The summed E-state index contributed by atoms with van der Waals surface area (Å²) in [7, 11) is 0. The van der Waals surface area contributed by atoms with E-state index in [2.05, 4.69) is 29.1 Å². The van der Waals surface area contributed by atoms with E-state index in [4.69, 9.17) is 10.5 Å². The molecule has 0 aliphatic heterocycles. The third kappa shape index (κ3) is 5.35. The molecule has 0 atom stereocenters. The maximum atomic E-state index is 12.4. The Labute approximate surface area is 168 Å². The van der Waals surface area contributed by atoms with E-state index in [1.165, 1.54) is 11.3 Å². The summed E-state index contributed by atoms with van der Waals surface area (Å²) in [5, 5.41) is 3.63. The number of para-hydroxylation sites is 1. The molecule has 2 aromatic heterocycles. The molecule has 142 valence electrons. The van der Waals surface area contributed by atoms with Crippen LogP contribution in [0.2, 0.25) is 0 Å². The molecule has 0 saturated heterocycles. The van der Waals surface area contributed by atoms with Gasteiger partial charge < -0.3 is 15.8 Å². The van der Waals surface area contributed by atoms with Crippen LogP contribution in [0.3, 0.4) is 0 Å². The summed E-state index contributed by atoms with van der Waals surface area (Å²) in [6, 6.07) is 16.8. The maximum Gasteiger partial charge on any atom is 0.255 e. The molecule has 1 amide bonds. The average molecular weight is 391 g/mol. The van der Waals surface area contributed by atoms with Crippen molar-refractivity contribution in [3.05, 3.63) is 70.7 Å². The summed E-state index contributed by atoms with van der Waals surface area (Å²) in [5.74, 6) is 6.66. The van der Waals surface area contributed by atoms with Crippen LogP contribution in [0.1, 0.15) is 40.7 Å². The number of nitrogens with zero attached hydrogens (tertiary/aromatic N) is 1. The highest BCUT2D eigenvalue weighted by Gasteiger charge is 2.12. The van der Waals surface area contributed by atoms with Gasteiger partial charge in [0, 0.05) is 11.3 Å². The van der Waals surface area contributed by atoms with Crippen molar-refractivity contribution >= 4 is 23.1 Å². The van der Waals surface area contributed by atoms with Gasteiger partial charge >= 0.3 is 0 Å². The summed E-state index contributed by atoms with van der Waals surface area (Å²) in [6.07, 6.45) is 1.80. The maximum absolute atomic E-state index is 12.4. The standard InChI is InChI=1S/C22H21N3O2S/c1-2-3-5-8-16-11-13-19(21(23)25-16)22(26)24-15-18-12-14-20(28-18)27-17-9-6-4-7-10-17/h4,6-7,9-14H,2-3,15H2,1H3,(H2,23,25)(H,24,26). The predicted octanol–water partition coefficient (Wildman–Crippen LogP) is 4.60. The summed E-state index contributed by atoms with van der Waals surface area (Å²) in [4.78, 5) is 17.6. The lowest BCUT2D eigenvalue weighted by Crippen LogP contribution is -2.23. The number of pyridine rings is 1. The first kappa shape index (κ1) is 19.5. The van der Waals surface area contributed by atoms with E-state index in [-0.39, 0.29) is 11.7 Å². The number of carbonyl (C=O) groups is 1. The number of benzene rings is 1. The molecular formula is C22H21N3O2S. The van der Waals surface area contributed by atoms with Gasteiger partial charge in [0.05, 0.1) is 12.1 Å². The molecule has 28 heavy (non-hydrogen) atoms. The van der Waals surface area contributed by atoms with E-state index in [1.807, 2.05) is 42.5 Å². The normalized spacial score (nSPS) is 10.0. The molecule has 0 bridgehead atoms. The van der Waals surface area contributed by atoms with Crippen LogP contribution in [-0.2, 0) is 6.54 Å². The second kappa shape index (κ2) is 9.58. The fourth-order valence-corrected chi connectivity index (χ4v) is 3.20. The van der Waals surface area contributed by atoms with Gasteiger partial charge in [-0.25, -0.2) is 4.98 Å². The second-order valence-electron chi connectivity index (χ2n) is 6.00. The Kier molecular flexibility index (Phi) is 6.66. The number of hydrogen-bond acceptors (Lipinski definition) is 5. The van der Waals surface area contributed by atoms with Crippen LogP contribution in [0.4, 0.5) is 5.82 Å². The Morgan fingerprint density at radius 3 is 2.75 bits per heavy atom. The number of carbonyl (C=O) groups excluding carboxylic acids is 1. The van der Waals surface area contributed by atoms with Crippen molar-refractivity contribution in [1.29, 1.82) is 0 Å². The molecule has 0 fully saturated rings. The number of rotatable bonds is 6. The molecule has 3 N–H and O–H groups in total. The minimum absolute atomic E-state index is 0.181. The Balaban J connectivity index is 1.58. The quantitative estimate of drug-likeness (QED) is 0.602. The molecule has 3 aromatic rings.